The monoisotopic (exact) mass is 645 g/mol. The third-order valence-corrected chi connectivity index (χ3v) is 10.2. The molecule has 0 spiro atoms. The van der Waals surface area contributed by atoms with Gasteiger partial charge in [0.25, 0.3) is 15.9 Å². The number of sulfonamides is 2. The SMILES string of the molecule is COc1ccc(S(=O)(=O)N2CCCCCC2)cc1C(=O)Nc1ccc(S(=O)(=O)Nc2ccc(Cl)c(C(F)(F)F)c2)cc1. The highest BCUT2D eigenvalue weighted by Crippen LogP contribution is 2.36. The first-order valence-corrected chi connectivity index (χ1v) is 16.0. The fourth-order valence-corrected chi connectivity index (χ4v) is 7.21. The van der Waals surface area contributed by atoms with Gasteiger partial charge in [0.05, 0.1) is 33.1 Å². The van der Waals surface area contributed by atoms with E-state index in [0.29, 0.717) is 19.2 Å². The maximum absolute atomic E-state index is 13.2. The van der Waals surface area contributed by atoms with Gasteiger partial charge in [0.1, 0.15) is 5.75 Å². The van der Waals surface area contributed by atoms with Crippen molar-refractivity contribution in [2.75, 3.05) is 30.2 Å². The van der Waals surface area contributed by atoms with E-state index in [1.54, 1.807) is 0 Å². The fourth-order valence-electron chi connectivity index (χ4n) is 4.39. The number of nitrogens with one attached hydrogen (secondary N) is 2. The molecule has 226 valence electrons. The van der Waals surface area contributed by atoms with Crippen molar-refractivity contribution in [2.24, 2.45) is 0 Å². The molecule has 3 aromatic carbocycles. The first-order valence-electron chi connectivity index (χ1n) is 12.7. The van der Waals surface area contributed by atoms with Crippen molar-refractivity contribution in [1.29, 1.82) is 0 Å². The minimum Gasteiger partial charge on any atom is -0.496 e. The number of hydrogen-bond donors (Lipinski definition) is 2. The molecular formula is C27H27ClF3N3O6S2. The molecule has 0 aromatic heterocycles. The summed E-state index contributed by atoms with van der Waals surface area (Å²) in [6.07, 6.45) is -1.40. The van der Waals surface area contributed by atoms with Crippen LogP contribution in [0.2, 0.25) is 5.02 Å². The van der Waals surface area contributed by atoms with E-state index < -0.39 is 42.7 Å². The highest BCUT2D eigenvalue weighted by molar-refractivity contribution is 7.92. The lowest BCUT2D eigenvalue weighted by atomic mass is 10.2. The van der Waals surface area contributed by atoms with Crippen LogP contribution in [0.25, 0.3) is 0 Å². The Balaban J connectivity index is 1.52. The minimum atomic E-state index is -4.78. The van der Waals surface area contributed by atoms with E-state index in [2.05, 4.69) is 10.0 Å². The number of ether oxygens (including phenoxy) is 1. The molecule has 4 rings (SSSR count). The molecule has 1 aliphatic heterocycles. The Morgan fingerprint density at radius 2 is 1.45 bits per heavy atom. The molecule has 1 aliphatic rings. The number of alkyl halides is 3. The number of amides is 1. The summed E-state index contributed by atoms with van der Waals surface area (Å²) < 4.78 is 100. The summed E-state index contributed by atoms with van der Waals surface area (Å²) in [5.74, 6) is -0.568. The van der Waals surface area contributed by atoms with Crippen LogP contribution in [0, 0.1) is 0 Å². The van der Waals surface area contributed by atoms with Crippen molar-refractivity contribution in [2.45, 2.75) is 41.7 Å². The molecule has 0 aliphatic carbocycles. The molecule has 0 bridgehead atoms. The van der Waals surface area contributed by atoms with Crippen LogP contribution in [0.15, 0.2) is 70.5 Å². The van der Waals surface area contributed by atoms with E-state index in [-0.39, 0.29) is 32.5 Å². The van der Waals surface area contributed by atoms with Crippen molar-refractivity contribution in [3.63, 3.8) is 0 Å². The third-order valence-electron chi connectivity index (χ3n) is 6.56. The van der Waals surface area contributed by atoms with Crippen LogP contribution in [-0.2, 0) is 26.2 Å². The molecule has 3 aromatic rings. The molecule has 42 heavy (non-hydrogen) atoms. The van der Waals surface area contributed by atoms with Crippen LogP contribution in [0.3, 0.4) is 0 Å². The van der Waals surface area contributed by atoms with Crippen molar-refractivity contribution >= 4 is 48.9 Å². The van der Waals surface area contributed by atoms with Gasteiger partial charge < -0.3 is 10.1 Å². The van der Waals surface area contributed by atoms with Gasteiger partial charge in [0.2, 0.25) is 10.0 Å². The second-order valence-electron chi connectivity index (χ2n) is 9.46. The number of benzene rings is 3. The topological polar surface area (TPSA) is 122 Å². The molecule has 0 unspecified atom stereocenters. The standard InChI is InChI=1S/C27H27ClF3N3O6S2/c1-40-25-13-11-21(42(38,39)34-14-4-2-3-5-15-34)17-22(25)26(35)32-18-6-9-20(10-7-18)41(36,37)33-19-8-12-24(28)23(16-19)27(29,30)31/h6-13,16-17,33H,2-5,14-15H2,1H3,(H,32,35). The van der Waals surface area contributed by atoms with Crippen molar-refractivity contribution < 1.29 is 39.5 Å². The minimum absolute atomic E-state index is 0.0463. The molecule has 0 atom stereocenters. The van der Waals surface area contributed by atoms with Gasteiger partial charge >= 0.3 is 6.18 Å². The second-order valence-corrected chi connectivity index (χ2v) is 13.5. The highest BCUT2D eigenvalue weighted by atomic mass is 35.5. The zero-order valence-corrected chi connectivity index (χ0v) is 24.6. The molecule has 2 N–H and O–H groups in total. The van der Waals surface area contributed by atoms with Crippen LogP contribution in [0.1, 0.15) is 41.6 Å². The number of anilines is 2. The fraction of sp³-hybridized carbons (Fsp3) is 0.296. The lowest BCUT2D eigenvalue weighted by Crippen LogP contribution is -2.32. The summed E-state index contributed by atoms with van der Waals surface area (Å²) in [7, 11) is -6.81. The smallest absolute Gasteiger partial charge is 0.417 e. The molecule has 0 saturated carbocycles. The Bertz CT molecular complexity index is 1670. The van der Waals surface area contributed by atoms with E-state index >= 15 is 0 Å². The molecule has 1 amide bonds. The van der Waals surface area contributed by atoms with Crippen LogP contribution in [0.5, 0.6) is 5.75 Å². The summed E-state index contributed by atoms with van der Waals surface area (Å²) in [5.41, 5.74) is -1.41. The molecule has 15 heteroatoms. The van der Waals surface area contributed by atoms with Crippen LogP contribution < -0.4 is 14.8 Å². The van der Waals surface area contributed by atoms with E-state index in [1.165, 1.54) is 41.7 Å². The first kappa shape index (κ1) is 31.6. The summed E-state index contributed by atoms with van der Waals surface area (Å²) in [4.78, 5) is 12.8. The number of carbonyl (C=O) groups excluding carboxylic acids is 1. The lowest BCUT2D eigenvalue weighted by Gasteiger charge is -2.20. The third kappa shape index (κ3) is 7.17. The molecule has 9 nitrogen and oxygen atoms in total. The van der Waals surface area contributed by atoms with Gasteiger partial charge in [-0.25, -0.2) is 16.8 Å². The normalized spacial score (nSPS) is 15.1. The average Bonchev–Trinajstić information content (AvgIpc) is 3.24. The van der Waals surface area contributed by atoms with Gasteiger partial charge in [-0.2, -0.15) is 17.5 Å². The van der Waals surface area contributed by atoms with Gasteiger partial charge in [-0.3, -0.25) is 9.52 Å². The molecule has 0 radical (unpaired) electrons. The summed E-state index contributed by atoms with van der Waals surface area (Å²) >= 11 is 5.59. The van der Waals surface area contributed by atoms with E-state index in [9.17, 15) is 34.8 Å². The number of carbonyl (C=O) groups is 1. The molecule has 1 fully saturated rings. The first-order chi connectivity index (χ1) is 19.7. The Morgan fingerprint density at radius 1 is 0.857 bits per heavy atom. The zero-order chi connectivity index (χ0) is 30.7. The van der Waals surface area contributed by atoms with E-state index in [1.807, 2.05) is 0 Å². The van der Waals surface area contributed by atoms with E-state index in [0.717, 1.165) is 49.9 Å². The largest absolute Gasteiger partial charge is 0.496 e. The number of methoxy groups -OCH3 is 1. The van der Waals surface area contributed by atoms with Crippen LogP contribution in [-0.4, -0.2) is 47.2 Å². The Kier molecular flexibility index (Phi) is 9.40. The van der Waals surface area contributed by atoms with Crippen LogP contribution >= 0.6 is 11.6 Å². The lowest BCUT2D eigenvalue weighted by molar-refractivity contribution is -0.137. The predicted octanol–water partition coefficient (Wildman–Crippen LogP) is 5.99. The van der Waals surface area contributed by atoms with Gasteiger partial charge in [-0.15, -0.1) is 0 Å². The number of nitrogens with zero attached hydrogens (tertiary/aromatic N) is 1. The number of halogens is 4. The van der Waals surface area contributed by atoms with Crippen molar-refractivity contribution in [3.8, 4) is 5.75 Å². The maximum Gasteiger partial charge on any atom is 0.417 e. The molecule has 1 saturated heterocycles. The average molecular weight is 646 g/mol. The van der Waals surface area contributed by atoms with Crippen LogP contribution in [0.4, 0.5) is 24.5 Å². The Hall–Kier alpha value is -3.33. The van der Waals surface area contributed by atoms with Gasteiger partial charge in [0.15, 0.2) is 0 Å². The maximum atomic E-state index is 13.2. The summed E-state index contributed by atoms with van der Waals surface area (Å²) in [5, 5.41) is 2.00. The van der Waals surface area contributed by atoms with Crippen molar-refractivity contribution in [1.82, 2.24) is 4.31 Å². The van der Waals surface area contributed by atoms with Crippen molar-refractivity contribution in [3.05, 3.63) is 76.8 Å². The Labute approximate surface area is 246 Å². The zero-order valence-electron chi connectivity index (χ0n) is 22.2. The van der Waals surface area contributed by atoms with Gasteiger partial charge in [-0.1, -0.05) is 24.4 Å². The van der Waals surface area contributed by atoms with Gasteiger partial charge in [0, 0.05) is 24.5 Å². The quantitative estimate of drug-likeness (QED) is 0.311. The summed E-state index contributed by atoms with van der Waals surface area (Å²) in [6, 6.07) is 11.5. The second kappa shape index (κ2) is 12.5. The van der Waals surface area contributed by atoms with E-state index in [4.69, 9.17) is 16.3 Å². The van der Waals surface area contributed by atoms with Gasteiger partial charge in [-0.05, 0) is 73.5 Å². The Morgan fingerprint density at radius 3 is 2.05 bits per heavy atom. The summed E-state index contributed by atoms with van der Waals surface area (Å²) in [6.45, 7) is 0.781. The molecule has 1 heterocycles. The number of rotatable bonds is 8. The number of hydrogen-bond acceptors (Lipinski definition) is 6. The highest BCUT2D eigenvalue weighted by Gasteiger charge is 2.34. The molecular weight excluding hydrogens is 619 g/mol. The predicted molar refractivity (Wildman–Crippen MR) is 152 cm³/mol.